The Morgan fingerprint density at radius 2 is 1.81 bits per heavy atom. The van der Waals surface area contributed by atoms with Crippen LogP contribution in [0.2, 0.25) is 10.2 Å². The summed E-state index contributed by atoms with van der Waals surface area (Å²) in [6.45, 7) is 1.80. The second-order valence-electron chi connectivity index (χ2n) is 6.42. The number of carbonyl (C=O) groups excluding carboxylic acids is 1. The molecule has 1 aliphatic carbocycles. The van der Waals surface area contributed by atoms with Gasteiger partial charge in [0.1, 0.15) is 22.6 Å². The summed E-state index contributed by atoms with van der Waals surface area (Å²) in [4.78, 5) is 20.7. The van der Waals surface area contributed by atoms with Crippen LogP contribution in [0.4, 0.5) is 10.2 Å². The summed E-state index contributed by atoms with van der Waals surface area (Å²) < 4.78 is 13.2. The zero-order valence-corrected chi connectivity index (χ0v) is 15.7. The molecule has 0 atom stereocenters. The molecule has 0 unspecified atom stereocenters. The first-order valence-electron chi connectivity index (χ1n) is 8.44. The number of benzene rings is 1. The highest BCUT2D eigenvalue weighted by Crippen LogP contribution is 2.23. The molecule has 0 spiro atoms. The van der Waals surface area contributed by atoms with Crippen molar-refractivity contribution in [1.29, 1.82) is 0 Å². The summed E-state index contributed by atoms with van der Waals surface area (Å²) in [5, 5.41) is 6.73. The fourth-order valence-corrected chi connectivity index (χ4v) is 3.51. The molecule has 0 aliphatic heterocycles. The first-order valence-corrected chi connectivity index (χ1v) is 9.20. The average molecular weight is 397 g/mol. The molecule has 1 aromatic carbocycles. The lowest BCUT2D eigenvalue weighted by molar-refractivity contribution is 0.0926. The molecule has 138 valence electrons. The number of hydrogen-bond donors (Lipinski definition) is 2. The average Bonchev–Trinajstić information content (AvgIpc) is 2.58. The second kappa shape index (κ2) is 8.18. The summed E-state index contributed by atoms with van der Waals surface area (Å²) in [6, 6.07) is 6.05. The Morgan fingerprint density at radius 3 is 2.46 bits per heavy atom. The van der Waals surface area contributed by atoms with Crippen molar-refractivity contribution >= 4 is 34.9 Å². The summed E-state index contributed by atoms with van der Waals surface area (Å²) in [6.07, 6.45) is 3.48. The Labute approximate surface area is 161 Å². The van der Waals surface area contributed by atoms with E-state index in [1.807, 2.05) is 0 Å². The number of aryl methyl sites for hydroxylation is 1. The molecule has 2 aromatic rings. The van der Waals surface area contributed by atoms with Gasteiger partial charge in [0.05, 0.1) is 5.02 Å². The van der Waals surface area contributed by atoms with Crippen molar-refractivity contribution in [3.63, 3.8) is 0 Å². The molecular formula is C18H19Cl2FN4O. The Kier molecular flexibility index (Phi) is 5.94. The second-order valence-corrected chi connectivity index (χ2v) is 7.21. The van der Waals surface area contributed by atoms with E-state index < -0.39 is 5.82 Å². The van der Waals surface area contributed by atoms with Crippen molar-refractivity contribution in [2.24, 2.45) is 0 Å². The van der Waals surface area contributed by atoms with E-state index in [4.69, 9.17) is 23.2 Å². The Balaban J connectivity index is 1.51. The van der Waals surface area contributed by atoms with E-state index in [-0.39, 0.29) is 23.0 Å². The van der Waals surface area contributed by atoms with Gasteiger partial charge in [0.15, 0.2) is 0 Å². The van der Waals surface area contributed by atoms with E-state index in [0.29, 0.717) is 16.5 Å². The standard InChI is InChI=1S/C18H19Cl2FN4O/c1-10-22-16(20)9-17(23-10)24-12-3-5-13(6-4-12)25-18(26)11-2-7-15(21)14(19)8-11/h2,7-9,12-13H,3-6H2,1H3,(H,25,26)(H,22,23,24). The Morgan fingerprint density at radius 1 is 1.12 bits per heavy atom. The van der Waals surface area contributed by atoms with Crippen LogP contribution in [0, 0.1) is 12.7 Å². The van der Waals surface area contributed by atoms with Gasteiger partial charge in [0.2, 0.25) is 0 Å². The summed E-state index contributed by atoms with van der Waals surface area (Å²) in [5.41, 5.74) is 0.364. The fraction of sp³-hybridized carbons (Fsp3) is 0.389. The van der Waals surface area contributed by atoms with Crippen LogP contribution in [0.5, 0.6) is 0 Å². The molecule has 1 aromatic heterocycles. The lowest BCUT2D eigenvalue weighted by Gasteiger charge is -2.30. The maximum atomic E-state index is 13.2. The minimum atomic E-state index is -0.533. The van der Waals surface area contributed by atoms with E-state index in [9.17, 15) is 9.18 Å². The predicted molar refractivity (Wildman–Crippen MR) is 100 cm³/mol. The van der Waals surface area contributed by atoms with E-state index in [2.05, 4.69) is 20.6 Å². The third-order valence-corrected chi connectivity index (χ3v) is 4.89. The molecular weight excluding hydrogens is 378 g/mol. The van der Waals surface area contributed by atoms with Gasteiger partial charge in [-0.2, -0.15) is 0 Å². The first-order chi connectivity index (χ1) is 12.4. The van der Waals surface area contributed by atoms with Gasteiger partial charge < -0.3 is 10.6 Å². The third-order valence-electron chi connectivity index (χ3n) is 4.40. The van der Waals surface area contributed by atoms with Crippen LogP contribution in [0.1, 0.15) is 41.9 Å². The lowest BCUT2D eigenvalue weighted by atomic mass is 9.91. The van der Waals surface area contributed by atoms with E-state index in [1.54, 1.807) is 13.0 Å². The van der Waals surface area contributed by atoms with Gasteiger partial charge in [-0.25, -0.2) is 14.4 Å². The van der Waals surface area contributed by atoms with Gasteiger partial charge in [-0.15, -0.1) is 0 Å². The molecule has 8 heteroatoms. The van der Waals surface area contributed by atoms with E-state index in [1.165, 1.54) is 18.2 Å². The molecule has 1 fully saturated rings. The van der Waals surface area contributed by atoms with Crippen LogP contribution in [-0.2, 0) is 0 Å². The van der Waals surface area contributed by atoms with Gasteiger partial charge in [0.25, 0.3) is 5.91 Å². The van der Waals surface area contributed by atoms with Gasteiger partial charge in [0, 0.05) is 23.7 Å². The maximum absolute atomic E-state index is 13.2. The molecule has 1 saturated carbocycles. The number of aromatic nitrogens is 2. The number of nitrogens with one attached hydrogen (secondary N) is 2. The molecule has 3 rings (SSSR count). The van der Waals surface area contributed by atoms with Crippen molar-refractivity contribution in [1.82, 2.24) is 15.3 Å². The molecule has 1 amide bonds. The van der Waals surface area contributed by atoms with Gasteiger partial charge in [-0.05, 0) is 50.8 Å². The molecule has 26 heavy (non-hydrogen) atoms. The van der Waals surface area contributed by atoms with Crippen molar-refractivity contribution in [2.75, 3.05) is 5.32 Å². The number of rotatable bonds is 4. The van der Waals surface area contributed by atoms with Gasteiger partial charge in [-0.1, -0.05) is 23.2 Å². The molecule has 1 aliphatic rings. The largest absolute Gasteiger partial charge is 0.367 e. The Hall–Kier alpha value is -1.92. The van der Waals surface area contributed by atoms with Crippen LogP contribution < -0.4 is 10.6 Å². The number of halogens is 3. The normalized spacial score (nSPS) is 19.8. The highest BCUT2D eigenvalue weighted by Gasteiger charge is 2.23. The molecule has 2 N–H and O–H groups in total. The quantitative estimate of drug-likeness (QED) is 0.752. The van der Waals surface area contributed by atoms with Crippen molar-refractivity contribution in [3.05, 3.63) is 51.6 Å². The van der Waals surface area contributed by atoms with E-state index in [0.717, 1.165) is 31.5 Å². The predicted octanol–water partition coefficient (Wildman–Crippen LogP) is 4.38. The van der Waals surface area contributed by atoms with Crippen molar-refractivity contribution < 1.29 is 9.18 Å². The SMILES string of the molecule is Cc1nc(Cl)cc(NC2CCC(NC(=O)c3ccc(F)c(Cl)c3)CC2)n1. The van der Waals surface area contributed by atoms with E-state index >= 15 is 0 Å². The summed E-state index contributed by atoms with van der Waals surface area (Å²) in [5.74, 6) is 0.575. The molecule has 1 heterocycles. The number of nitrogens with zero attached hydrogens (tertiary/aromatic N) is 2. The van der Waals surface area contributed by atoms with Crippen molar-refractivity contribution in [3.8, 4) is 0 Å². The number of carbonyl (C=O) groups is 1. The molecule has 0 saturated heterocycles. The van der Waals surface area contributed by atoms with Crippen LogP contribution in [0.25, 0.3) is 0 Å². The smallest absolute Gasteiger partial charge is 0.251 e. The fourth-order valence-electron chi connectivity index (χ4n) is 3.10. The third kappa shape index (κ3) is 4.83. The lowest BCUT2D eigenvalue weighted by Crippen LogP contribution is -2.40. The molecule has 0 bridgehead atoms. The number of amides is 1. The minimum Gasteiger partial charge on any atom is -0.367 e. The molecule has 5 nitrogen and oxygen atoms in total. The zero-order chi connectivity index (χ0) is 18.7. The number of hydrogen-bond acceptors (Lipinski definition) is 4. The van der Waals surface area contributed by atoms with Crippen LogP contribution in [0.15, 0.2) is 24.3 Å². The minimum absolute atomic E-state index is 0.0515. The van der Waals surface area contributed by atoms with Gasteiger partial charge >= 0.3 is 0 Å². The topological polar surface area (TPSA) is 66.9 Å². The van der Waals surface area contributed by atoms with Gasteiger partial charge in [-0.3, -0.25) is 4.79 Å². The Bertz CT molecular complexity index is 790. The number of anilines is 1. The molecule has 0 radical (unpaired) electrons. The van der Waals surface area contributed by atoms with Crippen LogP contribution in [-0.4, -0.2) is 28.0 Å². The maximum Gasteiger partial charge on any atom is 0.251 e. The van der Waals surface area contributed by atoms with Crippen LogP contribution >= 0.6 is 23.2 Å². The highest BCUT2D eigenvalue weighted by atomic mass is 35.5. The first kappa shape index (κ1) is 18.9. The van der Waals surface area contributed by atoms with Crippen LogP contribution in [0.3, 0.4) is 0 Å². The summed E-state index contributed by atoms with van der Waals surface area (Å²) in [7, 11) is 0. The monoisotopic (exact) mass is 396 g/mol. The van der Waals surface area contributed by atoms with Crippen molar-refractivity contribution in [2.45, 2.75) is 44.7 Å². The highest BCUT2D eigenvalue weighted by molar-refractivity contribution is 6.31. The zero-order valence-electron chi connectivity index (χ0n) is 14.2. The summed E-state index contributed by atoms with van der Waals surface area (Å²) >= 11 is 11.7.